The molecule has 5 N–H and O–H groups in total. The zero-order valence-electron chi connectivity index (χ0n) is 49.4. The van der Waals surface area contributed by atoms with Crippen LogP contribution in [0.1, 0.15) is 266 Å². The molecule has 3 unspecified atom stereocenters. The van der Waals surface area contributed by atoms with Gasteiger partial charge in [0.2, 0.25) is 11.8 Å². The Balaban J connectivity index is 0.00000404. The predicted molar refractivity (Wildman–Crippen MR) is 309 cm³/mol. The number of fused-ring (bicyclic) bond motifs is 1. The van der Waals surface area contributed by atoms with E-state index in [1.807, 2.05) is 5.48 Å². The first-order valence-electron chi connectivity index (χ1n) is 31.0. The summed E-state index contributed by atoms with van der Waals surface area (Å²) in [5.74, 6) is -1.23. The molecule has 2 aliphatic heterocycles. The zero-order chi connectivity index (χ0) is 57.5. The topological polar surface area (TPSA) is 243 Å². The van der Waals surface area contributed by atoms with E-state index >= 15 is 0 Å². The van der Waals surface area contributed by atoms with Gasteiger partial charge in [0.1, 0.15) is 6.61 Å². The van der Waals surface area contributed by atoms with Crippen molar-refractivity contribution in [2.75, 3.05) is 45.1 Å². The number of hydroxylamine groups is 1. The molecule has 2 aliphatic rings. The van der Waals surface area contributed by atoms with Gasteiger partial charge in [-0.05, 0) is 59.3 Å². The minimum atomic E-state index is -5.08. The number of hydrogen-bond acceptors (Lipinski definition) is 13. The fraction of sp³-hybridized carbons (Fsp3) is 0.897. The molecule has 0 spiro atoms. The molecule has 18 nitrogen and oxygen atoms in total. The standard InChI is InChI=1S/C52H95N4O13PS.C6H15N/c1-3-5-7-9-11-13-15-17-19-21-23-25-29-37-48(59)66-40-43(68-49(60)38-30-26-24-22-20-18-16-14-12-10-8-6-4-2)41-67-70(64,65)69-55-47(58)36-28-27-33-39-53-46(57)35-32-31-34-45-50-44(42-71-45)56(52(62)63)51(61)54-50;1-4-7(5-2)6-3/h43-45,50H,3-42H2,1-2H3,(H,53,57)(H,54,61)(H,55,58)(H,62,63)(H,64,65);4-6H2,1-3H3/t43?,44-,45?,50-;/m0./s1. The normalized spacial score (nSPS) is 16.9. The van der Waals surface area contributed by atoms with Crippen molar-refractivity contribution in [1.82, 2.24) is 21.0 Å². The lowest BCUT2D eigenvalue weighted by atomic mass is 10.0. The van der Waals surface area contributed by atoms with Gasteiger partial charge in [0.25, 0.3) is 7.82 Å². The summed E-state index contributed by atoms with van der Waals surface area (Å²) in [4.78, 5) is 88.6. The lowest BCUT2D eigenvalue weighted by Crippen LogP contribution is -3.11. The third kappa shape index (κ3) is 38.6. The first-order valence-corrected chi connectivity index (χ1v) is 33.5. The summed E-state index contributed by atoms with van der Waals surface area (Å²) in [5.41, 5.74) is 1.89. The second kappa shape index (κ2) is 48.7. The van der Waals surface area contributed by atoms with Crippen LogP contribution < -0.4 is 25.9 Å². The van der Waals surface area contributed by atoms with Crippen LogP contribution in [-0.2, 0) is 42.4 Å². The third-order valence-electron chi connectivity index (χ3n) is 14.8. The Hall–Kier alpha value is -2.96. The van der Waals surface area contributed by atoms with Gasteiger partial charge in [0.05, 0.1) is 38.3 Å². The summed E-state index contributed by atoms with van der Waals surface area (Å²) < 4.78 is 33.1. The molecule has 20 heteroatoms. The number of unbranched alkanes of at least 4 members (excludes halogenated alkanes) is 27. The molecule has 0 bridgehead atoms. The number of carbonyl (C=O) groups is 6. The smallest absolute Gasteiger partial charge is 0.415 e. The highest BCUT2D eigenvalue weighted by atomic mass is 32.2. The minimum absolute atomic E-state index is 0.0334. The van der Waals surface area contributed by atoms with E-state index in [0.29, 0.717) is 57.2 Å². The van der Waals surface area contributed by atoms with Gasteiger partial charge in [-0.3, -0.25) is 23.7 Å². The summed E-state index contributed by atoms with van der Waals surface area (Å²) >= 11 is 1.64. The Bertz CT molecular complexity index is 1630. The Morgan fingerprint density at radius 2 is 1.09 bits per heavy atom. The van der Waals surface area contributed by atoms with E-state index in [-0.39, 0.29) is 49.1 Å². The summed E-state index contributed by atoms with van der Waals surface area (Å²) in [5, 5.41) is 15.0. The zero-order valence-corrected chi connectivity index (χ0v) is 51.1. The van der Waals surface area contributed by atoms with Crippen molar-refractivity contribution in [2.45, 2.75) is 289 Å². The molecular formula is C58H110N5O13PS. The highest BCUT2D eigenvalue weighted by molar-refractivity contribution is 8.00. The fourth-order valence-corrected chi connectivity index (χ4v) is 12.0. The van der Waals surface area contributed by atoms with Crippen LogP contribution in [0.5, 0.6) is 0 Å². The molecule has 456 valence electrons. The van der Waals surface area contributed by atoms with Gasteiger partial charge in [-0.2, -0.15) is 11.8 Å². The van der Waals surface area contributed by atoms with E-state index < -0.39 is 50.5 Å². The van der Waals surface area contributed by atoms with Gasteiger partial charge in [-0.1, -0.05) is 181 Å². The van der Waals surface area contributed by atoms with Crippen molar-refractivity contribution in [2.24, 2.45) is 0 Å². The summed E-state index contributed by atoms with van der Waals surface area (Å²) in [6.07, 6.45) is 32.5. The van der Waals surface area contributed by atoms with Gasteiger partial charge < -0.3 is 39.5 Å². The number of amides is 5. The average Bonchev–Trinajstić information content (AvgIpc) is 3.97. The van der Waals surface area contributed by atoms with E-state index in [4.69, 9.17) is 14.0 Å². The molecule has 78 heavy (non-hydrogen) atoms. The van der Waals surface area contributed by atoms with Gasteiger partial charge >= 0.3 is 24.1 Å². The van der Waals surface area contributed by atoms with Gasteiger partial charge in [0.15, 0.2) is 6.10 Å². The van der Waals surface area contributed by atoms with Crippen LogP contribution in [0.3, 0.4) is 0 Å². The van der Waals surface area contributed by atoms with Crippen LogP contribution in [0.25, 0.3) is 0 Å². The number of nitrogens with one attached hydrogen (secondary N) is 4. The molecule has 2 heterocycles. The molecule has 0 aliphatic carbocycles. The van der Waals surface area contributed by atoms with Crippen LogP contribution in [-0.4, -0.2) is 114 Å². The molecular weight excluding hydrogens is 1040 g/mol. The molecule has 0 aromatic heterocycles. The number of urea groups is 1. The number of nitrogens with zero attached hydrogens (tertiary/aromatic N) is 1. The number of ether oxygens (including phenoxy) is 2. The van der Waals surface area contributed by atoms with E-state index in [9.17, 15) is 43.3 Å². The van der Waals surface area contributed by atoms with Crippen LogP contribution in [0.15, 0.2) is 0 Å². The first kappa shape index (κ1) is 73.1. The summed E-state index contributed by atoms with van der Waals surface area (Å²) in [7, 11) is -5.08. The molecule has 2 fully saturated rings. The maximum atomic E-state index is 12.8. The van der Waals surface area contributed by atoms with Crippen molar-refractivity contribution >= 4 is 55.5 Å². The van der Waals surface area contributed by atoms with Crippen LogP contribution >= 0.6 is 19.6 Å². The number of rotatable bonds is 50. The highest BCUT2D eigenvalue weighted by Crippen LogP contribution is 2.38. The summed E-state index contributed by atoms with van der Waals surface area (Å²) in [6, 6.07) is -1.15. The second-order valence-corrected chi connectivity index (χ2v) is 24.0. The predicted octanol–water partition coefficient (Wildman–Crippen LogP) is 11.7. The molecule has 0 saturated carbocycles. The molecule has 5 amide bonds. The lowest BCUT2D eigenvalue weighted by molar-refractivity contribution is -0.894. The SMILES string of the molecule is CCCCCCCCCCCCCCCC(=O)OCC(COP(=O)([O-])ONC(=O)CCCCCNC(=O)CCCCC1SC[C@H]2[C@@H]1NC(=O)N2C(=O)O)OC(=O)CCCCCCCCCCCCCCC.CC[NH+](CC)CC. The number of hydrogen-bond donors (Lipinski definition) is 5. The van der Waals surface area contributed by atoms with Crippen LogP contribution in [0.2, 0.25) is 0 Å². The maximum absolute atomic E-state index is 12.8. The molecule has 2 saturated heterocycles. The Morgan fingerprint density at radius 3 is 1.58 bits per heavy atom. The number of quaternary nitrogens is 1. The Morgan fingerprint density at radius 1 is 0.641 bits per heavy atom. The number of phosphoric acid groups is 1. The number of esters is 2. The van der Waals surface area contributed by atoms with E-state index in [1.54, 1.807) is 16.7 Å². The van der Waals surface area contributed by atoms with Crippen LogP contribution in [0.4, 0.5) is 9.59 Å². The summed E-state index contributed by atoms with van der Waals surface area (Å²) in [6.45, 7) is 14.3. The Labute approximate surface area is 475 Å². The first-order chi connectivity index (χ1) is 37.7. The van der Waals surface area contributed by atoms with E-state index in [1.165, 1.54) is 135 Å². The molecule has 2 rings (SSSR count). The number of phosphoric ester groups is 1. The van der Waals surface area contributed by atoms with Gasteiger partial charge in [-0.15, -0.1) is 0 Å². The Kier molecular flexibility index (Phi) is 45.6. The van der Waals surface area contributed by atoms with Crippen molar-refractivity contribution in [3.05, 3.63) is 0 Å². The monoisotopic (exact) mass is 1150 g/mol. The van der Waals surface area contributed by atoms with Gasteiger partial charge in [0, 0.05) is 43.2 Å². The van der Waals surface area contributed by atoms with Crippen molar-refractivity contribution in [3.63, 3.8) is 0 Å². The molecule has 5 atom stereocenters. The van der Waals surface area contributed by atoms with E-state index in [0.717, 1.165) is 56.3 Å². The van der Waals surface area contributed by atoms with Gasteiger partial charge in [-0.25, -0.2) is 24.6 Å². The largest absolute Gasteiger partial charge is 0.755 e. The van der Waals surface area contributed by atoms with Crippen molar-refractivity contribution in [1.29, 1.82) is 0 Å². The number of imide groups is 1. The van der Waals surface area contributed by atoms with Crippen molar-refractivity contribution < 1.29 is 66.9 Å². The third-order valence-corrected chi connectivity index (χ3v) is 17.0. The highest BCUT2D eigenvalue weighted by Gasteiger charge is 2.50. The second-order valence-electron chi connectivity index (χ2n) is 21.4. The number of carboxylic acid groups (broad SMARTS) is 1. The quantitative estimate of drug-likeness (QED) is 0.0125. The fourth-order valence-electron chi connectivity index (χ4n) is 9.79. The number of carbonyl (C=O) groups excluding carboxylic acids is 5. The van der Waals surface area contributed by atoms with Crippen LogP contribution in [0, 0.1) is 0 Å². The average molecular weight is 1150 g/mol. The lowest BCUT2D eigenvalue weighted by Gasteiger charge is -2.25. The molecule has 0 aromatic rings. The van der Waals surface area contributed by atoms with Crippen molar-refractivity contribution in [3.8, 4) is 0 Å². The van der Waals surface area contributed by atoms with E-state index in [2.05, 4.69) is 49.9 Å². The number of thioether (sulfide) groups is 1. The molecule has 0 radical (unpaired) electrons. The maximum Gasteiger partial charge on any atom is 0.415 e. The molecule has 0 aromatic carbocycles. The minimum Gasteiger partial charge on any atom is -0.755 e.